The quantitative estimate of drug-likeness (QED) is 0.834. The first kappa shape index (κ1) is 16.8. The first-order valence-electron chi connectivity index (χ1n) is 7.49. The van der Waals surface area contributed by atoms with Gasteiger partial charge in [-0.2, -0.15) is 0 Å². The van der Waals surface area contributed by atoms with Crippen molar-refractivity contribution in [1.82, 2.24) is 10.2 Å². The van der Waals surface area contributed by atoms with E-state index >= 15 is 0 Å². The van der Waals surface area contributed by atoms with Gasteiger partial charge in [-0.05, 0) is 39.0 Å². The Morgan fingerprint density at radius 3 is 2.35 bits per heavy atom. The molecule has 0 saturated heterocycles. The smallest absolute Gasteiger partial charge is 0.323 e. The molecule has 1 fully saturated rings. The summed E-state index contributed by atoms with van der Waals surface area (Å²) in [5, 5.41) is 11.9. The average molecular weight is 284 g/mol. The van der Waals surface area contributed by atoms with Crippen LogP contribution in [0.3, 0.4) is 0 Å². The molecule has 0 radical (unpaired) electrons. The topological polar surface area (TPSA) is 69.6 Å². The molecule has 1 saturated carbocycles. The number of hydrogen-bond acceptors (Lipinski definition) is 2. The lowest BCUT2D eigenvalue weighted by Gasteiger charge is -2.35. The number of carbonyl (C=O) groups is 2. The third-order valence-electron chi connectivity index (χ3n) is 4.15. The highest BCUT2D eigenvalue weighted by Gasteiger charge is 2.29. The normalized spacial score (nSPS) is 23.2. The Balaban J connectivity index is 2.55. The third kappa shape index (κ3) is 5.02. The van der Waals surface area contributed by atoms with Gasteiger partial charge >= 0.3 is 12.0 Å². The molecule has 0 heterocycles. The molecular formula is C15H28N2O3. The second kappa shape index (κ2) is 6.95. The van der Waals surface area contributed by atoms with Gasteiger partial charge in [-0.25, -0.2) is 4.79 Å². The zero-order valence-electron chi connectivity index (χ0n) is 13.1. The van der Waals surface area contributed by atoms with E-state index in [1.807, 2.05) is 20.8 Å². The van der Waals surface area contributed by atoms with Crippen LogP contribution in [-0.4, -0.2) is 40.6 Å². The zero-order valence-corrected chi connectivity index (χ0v) is 13.1. The molecule has 0 aliphatic heterocycles. The van der Waals surface area contributed by atoms with E-state index in [0.29, 0.717) is 18.4 Å². The van der Waals surface area contributed by atoms with Crippen LogP contribution in [0, 0.1) is 11.8 Å². The number of rotatable bonds is 4. The number of carboxylic acids is 1. The Labute approximate surface area is 121 Å². The van der Waals surface area contributed by atoms with Crippen LogP contribution in [-0.2, 0) is 4.79 Å². The van der Waals surface area contributed by atoms with Gasteiger partial charge in [0.25, 0.3) is 0 Å². The van der Waals surface area contributed by atoms with E-state index in [2.05, 4.69) is 12.2 Å². The van der Waals surface area contributed by atoms with Crippen molar-refractivity contribution >= 4 is 12.0 Å². The highest BCUT2D eigenvalue weighted by molar-refractivity contribution is 5.80. The van der Waals surface area contributed by atoms with Crippen LogP contribution in [0.1, 0.15) is 53.4 Å². The fourth-order valence-electron chi connectivity index (χ4n) is 2.76. The van der Waals surface area contributed by atoms with Crippen molar-refractivity contribution in [2.45, 2.75) is 58.9 Å². The molecule has 0 aromatic carbocycles. The molecule has 1 rings (SSSR count). The zero-order chi connectivity index (χ0) is 15.3. The first-order chi connectivity index (χ1) is 9.21. The number of nitrogens with one attached hydrogen (secondary N) is 1. The molecule has 20 heavy (non-hydrogen) atoms. The molecule has 1 aliphatic carbocycles. The minimum Gasteiger partial charge on any atom is -0.480 e. The van der Waals surface area contributed by atoms with E-state index in [9.17, 15) is 9.59 Å². The van der Waals surface area contributed by atoms with Gasteiger partial charge in [0, 0.05) is 12.1 Å². The van der Waals surface area contributed by atoms with Gasteiger partial charge in [0.1, 0.15) is 6.54 Å². The molecule has 116 valence electrons. The van der Waals surface area contributed by atoms with Crippen molar-refractivity contribution in [3.05, 3.63) is 0 Å². The molecule has 2 N–H and O–H groups in total. The van der Waals surface area contributed by atoms with E-state index in [1.54, 1.807) is 0 Å². The highest BCUT2D eigenvalue weighted by Crippen LogP contribution is 2.29. The van der Waals surface area contributed by atoms with Crippen LogP contribution in [0.25, 0.3) is 0 Å². The maximum atomic E-state index is 12.2. The summed E-state index contributed by atoms with van der Waals surface area (Å²) < 4.78 is 0. The first-order valence-corrected chi connectivity index (χ1v) is 7.49. The molecule has 2 amide bonds. The molecule has 2 unspecified atom stereocenters. The fourth-order valence-corrected chi connectivity index (χ4v) is 2.76. The van der Waals surface area contributed by atoms with Crippen LogP contribution in [0.2, 0.25) is 0 Å². The van der Waals surface area contributed by atoms with E-state index < -0.39 is 11.5 Å². The van der Waals surface area contributed by atoms with Crippen LogP contribution in [0.15, 0.2) is 0 Å². The van der Waals surface area contributed by atoms with Gasteiger partial charge in [0.05, 0.1) is 0 Å². The molecule has 0 bridgehead atoms. The molecule has 1 aliphatic rings. The Morgan fingerprint density at radius 2 is 1.85 bits per heavy atom. The third-order valence-corrected chi connectivity index (χ3v) is 4.15. The van der Waals surface area contributed by atoms with Gasteiger partial charge in [0.2, 0.25) is 0 Å². The molecular weight excluding hydrogens is 256 g/mol. The monoisotopic (exact) mass is 284 g/mol. The van der Waals surface area contributed by atoms with Crippen LogP contribution < -0.4 is 5.32 Å². The fraction of sp³-hybridized carbons (Fsp3) is 0.867. The number of urea groups is 1. The summed E-state index contributed by atoms with van der Waals surface area (Å²) in [6.45, 7) is 8.15. The predicted octanol–water partition coefficient (Wildman–Crippen LogP) is 2.71. The number of aliphatic carboxylic acids is 1. The van der Waals surface area contributed by atoms with Gasteiger partial charge in [-0.3, -0.25) is 4.79 Å². The summed E-state index contributed by atoms with van der Waals surface area (Å²) in [4.78, 5) is 24.5. The summed E-state index contributed by atoms with van der Waals surface area (Å²) in [6, 6.07) is -0.280. The van der Waals surface area contributed by atoms with Gasteiger partial charge in [-0.1, -0.05) is 26.2 Å². The second-order valence-electron chi connectivity index (χ2n) is 6.86. The molecule has 0 aromatic heterocycles. The summed E-state index contributed by atoms with van der Waals surface area (Å²) >= 11 is 0. The number of carboxylic acid groups (broad SMARTS) is 1. The van der Waals surface area contributed by atoms with Gasteiger partial charge < -0.3 is 15.3 Å². The highest BCUT2D eigenvalue weighted by atomic mass is 16.4. The number of hydrogen-bond donors (Lipinski definition) is 2. The van der Waals surface area contributed by atoms with Gasteiger partial charge in [0.15, 0.2) is 0 Å². The lowest BCUT2D eigenvalue weighted by Crippen LogP contribution is -2.53. The Bertz CT molecular complexity index is 350. The summed E-state index contributed by atoms with van der Waals surface area (Å²) in [5.41, 5.74) is -0.499. The Kier molecular flexibility index (Phi) is 5.84. The minimum atomic E-state index is -0.985. The van der Waals surface area contributed by atoms with Gasteiger partial charge in [-0.15, -0.1) is 0 Å². The SMILES string of the molecule is CC1CCCCC1CNC(=O)N(CC(=O)O)C(C)(C)C. The van der Waals surface area contributed by atoms with Crippen molar-refractivity contribution in [2.75, 3.05) is 13.1 Å². The maximum Gasteiger partial charge on any atom is 0.323 e. The number of carbonyl (C=O) groups excluding carboxylic acids is 1. The van der Waals surface area contributed by atoms with Crippen LogP contribution in [0.5, 0.6) is 0 Å². The minimum absolute atomic E-state index is 0.268. The summed E-state index contributed by atoms with van der Waals surface area (Å²) in [5.74, 6) is 0.159. The average Bonchev–Trinajstić information content (AvgIpc) is 2.33. The van der Waals surface area contributed by atoms with Crippen molar-refractivity contribution in [2.24, 2.45) is 11.8 Å². The Hall–Kier alpha value is -1.26. The van der Waals surface area contributed by atoms with E-state index in [1.165, 1.54) is 24.2 Å². The molecule has 5 nitrogen and oxygen atoms in total. The molecule has 5 heteroatoms. The van der Waals surface area contributed by atoms with E-state index in [0.717, 1.165) is 6.42 Å². The van der Waals surface area contributed by atoms with E-state index in [4.69, 9.17) is 5.11 Å². The van der Waals surface area contributed by atoms with Crippen molar-refractivity contribution < 1.29 is 14.7 Å². The van der Waals surface area contributed by atoms with Crippen LogP contribution in [0.4, 0.5) is 4.79 Å². The standard InChI is InChI=1S/C15H28N2O3/c1-11-7-5-6-8-12(11)9-16-14(20)17(10-13(18)19)15(2,3)4/h11-12H,5-10H2,1-4H3,(H,16,20)(H,18,19). The summed E-state index contributed by atoms with van der Waals surface area (Å²) in [6.07, 6.45) is 4.87. The van der Waals surface area contributed by atoms with E-state index in [-0.39, 0.29) is 12.6 Å². The van der Waals surface area contributed by atoms with Crippen molar-refractivity contribution in [3.63, 3.8) is 0 Å². The Morgan fingerprint density at radius 1 is 1.25 bits per heavy atom. The second-order valence-corrected chi connectivity index (χ2v) is 6.86. The maximum absolute atomic E-state index is 12.2. The lowest BCUT2D eigenvalue weighted by molar-refractivity contribution is -0.138. The number of amides is 2. The predicted molar refractivity (Wildman–Crippen MR) is 78.6 cm³/mol. The lowest BCUT2D eigenvalue weighted by atomic mass is 9.80. The summed E-state index contributed by atoms with van der Waals surface area (Å²) in [7, 11) is 0. The van der Waals surface area contributed by atoms with Crippen molar-refractivity contribution in [3.8, 4) is 0 Å². The van der Waals surface area contributed by atoms with Crippen LogP contribution >= 0.6 is 0 Å². The number of nitrogens with zero attached hydrogens (tertiary/aromatic N) is 1. The molecule has 0 spiro atoms. The molecule has 0 aromatic rings. The largest absolute Gasteiger partial charge is 0.480 e. The molecule has 2 atom stereocenters. The van der Waals surface area contributed by atoms with Crippen molar-refractivity contribution in [1.29, 1.82) is 0 Å².